The van der Waals surface area contributed by atoms with Crippen LogP contribution in [0.15, 0.2) is 12.1 Å². The minimum atomic E-state index is -1.19. The van der Waals surface area contributed by atoms with Gasteiger partial charge in [0, 0.05) is 12.1 Å². The van der Waals surface area contributed by atoms with Crippen LogP contribution in [-0.4, -0.2) is 36.0 Å². The molecule has 1 saturated heterocycles. The Labute approximate surface area is 109 Å². The van der Waals surface area contributed by atoms with E-state index in [1.807, 2.05) is 7.05 Å². The molecule has 2 rings (SSSR count). The van der Waals surface area contributed by atoms with Gasteiger partial charge in [-0.2, -0.15) is 0 Å². The molecule has 1 aliphatic rings. The molecule has 0 aliphatic carbocycles. The average molecular weight is 271 g/mol. The molecule has 5 nitrogen and oxygen atoms in total. The highest BCUT2D eigenvalue weighted by molar-refractivity contribution is 5.63. The van der Waals surface area contributed by atoms with Crippen molar-refractivity contribution in [2.45, 2.75) is 18.9 Å². The summed E-state index contributed by atoms with van der Waals surface area (Å²) < 4.78 is 26.9. The first-order valence-corrected chi connectivity index (χ1v) is 6.06. The van der Waals surface area contributed by atoms with E-state index in [0.29, 0.717) is 0 Å². The lowest BCUT2D eigenvalue weighted by atomic mass is 10.0. The number of hydrogen-bond donors (Lipinski definition) is 1. The number of nitro groups is 1. The molecule has 0 spiro atoms. The normalized spacial score (nSPS) is 17.4. The molecule has 19 heavy (non-hydrogen) atoms. The third kappa shape index (κ3) is 2.98. The Morgan fingerprint density at radius 3 is 2.58 bits per heavy atom. The number of likely N-dealkylation sites (tertiary alicyclic amines) is 1. The molecular formula is C12H15F2N3O2. The van der Waals surface area contributed by atoms with Gasteiger partial charge in [-0.3, -0.25) is 10.1 Å². The van der Waals surface area contributed by atoms with Crippen LogP contribution in [-0.2, 0) is 0 Å². The summed E-state index contributed by atoms with van der Waals surface area (Å²) >= 11 is 0. The van der Waals surface area contributed by atoms with Crippen molar-refractivity contribution in [3.8, 4) is 0 Å². The maximum absolute atomic E-state index is 13.7. The van der Waals surface area contributed by atoms with Crippen LogP contribution in [0.2, 0.25) is 0 Å². The zero-order chi connectivity index (χ0) is 14.0. The predicted molar refractivity (Wildman–Crippen MR) is 67.2 cm³/mol. The molecule has 0 radical (unpaired) electrons. The lowest BCUT2D eigenvalue weighted by Gasteiger charge is -2.30. The number of nitrogens with zero attached hydrogens (tertiary/aromatic N) is 2. The zero-order valence-corrected chi connectivity index (χ0v) is 10.5. The van der Waals surface area contributed by atoms with Gasteiger partial charge in [-0.05, 0) is 39.0 Å². The standard InChI is InChI=1S/C12H15F2N3O2/c1-16-6-4-8(5-7-16)15-12-10(17(18)19)3-2-9(13)11(12)14/h2-3,8,15H,4-7H2,1H3. The predicted octanol–water partition coefficient (Wildman–Crippen LogP) is 2.38. The van der Waals surface area contributed by atoms with Crippen LogP contribution >= 0.6 is 0 Å². The fraction of sp³-hybridized carbons (Fsp3) is 0.500. The van der Waals surface area contributed by atoms with Gasteiger partial charge >= 0.3 is 0 Å². The topological polar surface area (TPSA) is 58.4 Å². The molecule has 1 aromatic rings. The van der Waals surface area contributed by atoms with E-state index in [-0.39, 0.29) is 11.7 Å². The van der Waals surface area contributed by atoms with Gasteiger partial charge < -0.3 is 10.2 Å². The summed E-state index contributed by atoms with van der Waals surface area (Å²) in [4.78, 5) is 12.3. The molecule has 104 valence electrons. The summed E-state index contributed by atoms with van der Waals surface area (Å²) in [5, 5.41) is 13.6. The zero-order valence-electron chi connectivity index (χ0n) is 10.5. The number of nitro benzene ring substituents is 1. The molecule has 0 saturated carbocycles. The van der Waals surface area contributed by atoms with Gasteiger partial charge in [0.15, 0.2) is 17.3 Å². The van der Waals surface area contributed by atoms with Gasteiger partial charge in [0.1, 0.15) is 0 Å². The molecule has 1 fully saturated rings. The number of benzene rings is 1. The van der Waals surface area contributed by atoms with E-state index in [0.717, 1.165) is 38.1 Å². The molecule has 7 heteroatoms. The molecule has 1 heterocycles. The van der Waals surface area contributed by atoms with Crippen LogP contribution < -0.4 is 5.32 Å². The van der Waals surface area contributed by atoms with Crippen LogP contribution in [0.4, 0.5) is 20.2 Å². The summed E-state index contributed by atoms with van der Waals surface area (Å²) in [6.07, 6.45) is 1.48. The molecule has 0 unspecified atom stereocenters. The Bertz CT molecular complexity index is 488. The Kier molecular flexibility index (Phi) is 3.94. The summed E-state index contributed by atoms with van der Waals surface area (Å²) in [7, 11) is 1.97. The van der Waals surface area contributed by atoms with Crippen LogP contribution in [0.5, 0.6) is 0 Å². The highest BCUT2D eigenvalue weighted by Gasteiger charge is 2.25. The van der Waals surface area contributed by atoms with Gasteiger partial charge in [0.05, 0.1) is 4.92 Å². The summed E-state index contributed by atoms with van der Waals surface area (Å²) in [6, 6.07) is 1.68. The molecule has 1 N–H and O–H groups in total. The summed E-state index contributed by atoms with van der Waals surface area (Å²) in [6.45, 7) is 1.64. The van der Waals surface area contributed by atoms with E-state index < -0.39 is 22.2 Å². The molecular weight excluding hydrogens is 256 g/mol. The van der Waals surface area contributed by atoms with E-state index in [1.54, 1.807) is 0 Å². The van der Waals surface area contributed by atoms with Gasteiger partial charge in [-0.25, -0.2) is 8.78 Å². The quantitative estimate of drug-likeness (QED) is 0.677. The lowest BCUT2D eigenvalue weighted by molar-refractivity contribution is -0.384. The van der Waals surface area contributed by atoms with E-state index in [9.17, 15) is 18.9 Å². The molecule has 0 bridgehead atoms. The van der Waals surface area contributed by atoms with Crippen molar-refractivity contribution >= 4 is 11.4 Å². The third-order valence-corrected chi connectivity index (χ3v) is 3.34. The van der Waals surface area contributed by atoms with Crippen molar-refractivity contribution in [1.82, 2.24) is 4.90 Å². The van der Waals surface area contributed by atoms with E-state index in [1.165, 1.54) is 0 Å². The van der Waals surface area contributed by atoms with Crippen molar-refractivity contribution in [1.29, 1.82) is 0 Å². The van der Waals surface area contributed by atoms with Crippen molar-refractivity contribution in [2.75, 3.05) is 25.5 Å². The van der Waals surface area contributed by atoms with E-state index in [4.69, 9.17) is 0 Å². The number of nitrogens with one attached hydrogen (secondary N) is 1. The lowest BCUT2D eigenvalue weighted by Crippen LogP contribution is -2.37. The van der Waals surface area contributed by atoms with Crippen molar-refractivity contribution in [3.63, 3.8) is 0 Å². The second-order valence-corrected chi connectivity index (χ2v) is 4.73. The number of piperidine rings is 1. The Hall–Kier alpha value is -1.76. The Morgan fingerprint density at radius 2 is 2.00 bits per heavy atom. The third-order valence-electron chi connectivity index (χ3n) is 3.34. The first-order chi connectivity index (χ1) is 8.99. The fourth-order valence-corrected chi connectivity index (χ4v) is 2.19. The second kappa shape index (κ2) is 5.48. The van der Waals surface area contributed by atoms with Crippen LogP contribution in [0.3, 0.4) is 0 Å². The second-order valence-electron chi connectivity index (χ2n) is 4.73. The maximum Gasteiger partial charge on any atom is 0.295 e. The van der Waals surface area contributed by atoms with Gasteiger partial charge in [-0.15, -0.1) is 0 Å². The minimum absolute atomic E-state index is 0.0776. The molecule has 1 aromatic carbocycles. The Balaban J connectivity index is 2.23. The first kappa shape index (κ1) is 13.7. The molecule has 0 amide bonds. The average Bonchev–Trinajstić information content (AvgIpc) is 2.37. The molecule has 0 atom stereocenters. The minimum Gasteiger partial charge on any atom is -0.374 e. The highest BCUT2D eigenvalue weighted by Crippen LogP contribution is 2.30. The maximum atomic E-state index is 13.7. The van der Waals surface area contributed by atoms with Crippen LogP contribution in [0.25, 0.3) is 0 Å². The largest absolute Gasteiger partial charge is 0.374 e. The first-order valence-electron chi connectivity index (χ1n) is 6.06. The van der Waals surface area contributed by atoms with Gasteiger partial charge in [0.25, 0.3) is 5.69 Å². The number of rotatable bonds is 3. The summed E-state index contributed by atoms with van der Waals surface area (Å²) in [5.41, 5.74) is -0.780. The van der Waals surface area contributed by atoms with Crippen molar-refractivity contribution in [2.24, 2.45) is 0 Å². The van der Waals surface area contributed by atoms with Crippen LogP contribution in [0, 0.1) is 21.7 Å². The number of halogens is 2. The SMILES string of the molecule is CN1CCC(Nc2c([N+](=O)[O-])ccc(F)c2F)CC1. The highest BCUT2D eigenvalue weighted by atomic mass is 19.2. The number of hydrogen-bond acceptors (Lipinski definition) is 4. The van der Waals surface area contributed by atoms with Crippen molar-refractivity contribution in [3.05, 3.63) is 33.9 Å². The fourth-order valence-electron chi connectivity index (χ4n) is 2.19. The monoisotopic (exact) mass is 271 g/mol. The van der Waals surface area contributed by atoms with E-state index in [2.05, 4.69) is 10.2 Å². The Morgan fingerprint density at radius 1 is 1.37 bits per heavy atom. The van der Waals surface area contributed by atoms with Gasteiger partial charge in [-0.1, -0.05) is 0 Å². The summed E-state index contributed by atoms with van der Waals surface area (Å²) in [5.74, 6) is -2.27. The van der Waals surface area contributed by atoms with E-state index >= 15 is 0 Å². The smallest absolute Gasteiger partial charge is 0.295 e. The van der Waals surface area contributed by atoms with Crippen molar-refractivity contribution < 1.29 is 13.7 Å². The van der Waals surface area contributed by atoms with Crippen LogP contribution in [0.1, 0.15) is 12.8 Å². The molecule has 1 aliphatic heterocycles. The molecule has 0 aromatic heterocycles. The number of anilines is 1. The van der Waals surface area contributed by atoms with Gasteiger partial charge in [0.2, 0.25) is 0 Å².